The smallest absolute Gasteiger partial charge is 0.253 e. The standard InChI is InChI=1S/C27H27FN4O3/c1-17(19-8-9-24(34-3)25(12-19)35-4)31-27(33)23-11-21(20-7-5-6-18(10-20)13-28)14-29-26(23)22-15-30-32(2)16-22/h5-12,14-17H,13H2,1-4H3,(H,31,33). The maximum atomic E-state index is 13.5. The van der Waals surface area contributed by atoms with Crippen LogP contribution in [0.15, 0.2) is 67.1 Å². The largest absolute Gasteiger partial charge is 0.493 e. The maximum Gasteiger partial charge on any atom is 0.253 e. The van der Waals surface area contributed by atoms with Crippen molar-refractivity contribution in [2.24, 2.45) is 7.05 Å². The Balaban J connectivity index is 1.70. The van der Waals surface area contributed by atoms with E-state index >= 15 is 0 Å². The van der Waals surface area contributed by atoms with Gasteiger partial charge in [0.05, 0.1) is 37.7 Å². The molecule has 4 aromatic rings. The summed E-state index contributed by atoms with van der Waals surface area (Å²) < 4.78 is 25.6. The number of pyridine rings is 1. The Bertz CT molecular complexity index is 1350. The summed E-state index contributed by atoms with van der Waals surface area (Å²) >= 11 is 0. The molecule has 0 fully saturated rings. The molecule has 1 atom stereocenters. The average molecular weight is 475 g/mol. The van der Waals surface area contributed by atoms with E-state index in [1.54, 1.807) is 74.9 Å². The molecule has 1 amide bonds. The van der Waals surface area contributed by atoms with E-state index in [0.717, 1.165) is 22.3 Å². The van der Waals surface area contributed by atoms with Gasteiger partial charge in [0.25, 0.3) is 5.91 Å². The summed E-state index contributed by atoms with van der Waals surface area (Å²) in [5, 5.41) is 7.28. The number of nitrogens with one attached hydrogen (secondary N) is 1. The third kappa shape index (κ3) is 5.16. The summed E-state index contributed by atoms with van der Waals surface area (Å²) in [6, 6.07) is 14.1. The van der Waals surface area contributed by atoms with Crippen LogP contribution in [0.4, 0.5) is 4.39 Å². The first-order valence-electron chi connectivity index (χ1n) is 11.1. The fraction of sp³-hybridized carbons (Fsp3) is 0.222. The van der Waals surface area contributed by atoms with Gasteiger partial charge < -0.3 is 14.8 Å². The zero-order valence-electron chi connectivity index (χ0n) is 20.1. The molecule has 0 saturated carbocycles. The zero-order chi connectivity index (χ0) is 24.9. The third-order valence-electron chi connectivity index (χ3n) is 5.78. The Hall–Kier alpha value is -4.20. The second-order valence-electron chi connectivity index (χ2n) is 8.17. The highest BCUT2D eigenvalue weighted by Gasteiger charge is 2.20. The molecule has 1 N–H and O–H groups in total. The number of ether oxygens (including phenoxy) is 2. The number of carbonyl (C=O) groups is 1. The molecule has 8 heteroatoms. The van der Waals surface area contributed by atoms with E-state index < -0.39 is 6.67 Å². The highest BCUT2D eigenvalue weighted by atomic mass is 19.1. The number of amides is 1. The number of hydrogen-bond donors (Lipinski definition) is 1. The third-order valence-corrected chi connectivity index (χ3v) is 5.78. The van der Waals surface area contributed by atoms with Crippen LogP contribution in [0.5, 0.6) is 11.5 Å². The second kappa shape index (κ2) is 10.4. The highest BCUT2D eigenvalue weighted by Crippen LogP contribution is 2.31. The predicted octanol–water partition coefficient (Wildman–Crippen LogP) is 5.13. The number of carbonyl (C=O) groups excluding carboxylic acids is 1. The van der Waals surface area contributed by atoms with Crippen molar-refractivity contribution in [1.29, 1.82) is 0 Å². The van der Waals surface area contributed by atoms with Crippen molar-refractivity contribution >= 4 is 5.91 Å². The molecule has 0 aliphatic heterocycles. The molecule has 2 aromatic heterocycles. The van der Waals surface area contributed by atoms with Crippen LogP contribution in [-0.4, -0.2) is 34.9 Å². The Morgan fingerprint density at radius 2 is 1.83 bits per heavy atom. The molecule has 0 aliphatic rings. The van der Waals surface area contributed by atoms with Gasteiger partial charge in [0, 0.05) is 30.6 Å². The summed E-state index contributed by atoms with van der Waals surface area (Å²) in [5.74, 6) is 0.904. The molecule has 4 rings (SSSR count). The fourth-order valence-corrected chi connectivity index (χ4v) is 3.88. The van der Waals surface area contributed by atoms with Gasteiger partial charge in [-0.15, -0.1) is 0 Å². The lowest BCUT2D eigenvalue weighted by molar-refractivity contribution is 0.0940. The van der Waals surface area contributed by atoms with Crippen molar-refractivity contribution in [1.82, 2.24) is 20.1 Å². The molecule has 2 heterocycles. The molecule has 2 aromatic carbocycles. The molecule has 1 unspecified atom stereocenters. The molecule has 0 aliphatic carbocycles. The topological polar surface area (TPSA) is 78.3 Å². The predicted molar refractivity (Wildman–Crippen MR) is 132 cm³/mol. The fourth-order valence-electron chi connectivity index (χ4n) is 3.88. The van der Waals surface area contributed by atoms with Crippen LogP contribution in [0.1, 0.15) is 34.5 Å². The Morgan fingerprint density at radius 3 is 2.51 bits per heavy atom. The quantitative estimate of drug-likeness (QED) is 0.383. The van der Waals surface area contributed by atoms with E-state index in [-0.39, 0.29) is 11.9 Å². The first-order valence-corrected chi connectivity index (χ1v) is 11.1. The van der Waals surface area contributed by atoms with Gasteiger partial charge in [-0.25, -0.2) is 4.39 Å². The number of hydrogen-bond acceptors (Lipinski definition) is 5. The molecule has 35 heavy (non-hydrogen) atoms. The van der Waals surface area contributed by atoms with Crippen molar-refractivity contribution in [2.45, 2.75) is 19.6 Å². The van der Waals surface area contributed by atoms with Gasteiger partial charge in [-0.3, -0.25) is 14.5 Å². The zero-order valence-corrected chi connectivity index (χ0v) is 20.1. The van der Waals surface area contributed by atoms with Gasteiger partial charge in [0.1, 0.15) is 6.67 Å². The SMILES string of the molecule is COc1ccc(C(C)NC(=O)c2cc(-c3cccc(CF)c3)cnc2-c2cnn(C)c2)cc1OC. The van der Waals surface area contributed by atoms with E-state index in [9.17, 15) is 9.18 Å². The normalized spacial score (nSPS) is 11.7. The first kappa shape index (κ1) is 23.9. The summed E-state index contributed by atoms with van der Waals surface area (Å²) in [6.07, 6.45) is 5.16. The van der Waals surface area contributed by atoms with Crippen LogP contribution in [0.2, 0.25) is 0 Å². The van der Waals surface area contributed by atoms with Gasteiger partial charge >= 0.3 is 0 Å². The number of rotatable bonds is 8. The van der Waals surface area contributed by atoms with Crippen molar-refractivity contribution in [2.75, 3.05) is 14.2 Å². The molecule has 7 nitrogen and oxygen atoms in total. The lowest BCUT2D eigenvalue weighted by Crippen LogP contribution is -2.27. The van der Waals surface area contributed by atoms with Gasteiger partial charge in [-0.05, 0) is 47.9 Å². The van der Waals surface area contributed by atoms with E-state index in [4.69, 9.17) is 9.47 Å². The number of aromatic nitrogens is 3. The summed E-state index contributed by atoms with van der Waals surface area (Å²) in [7, 11) is 4.95. The summed E-state index contributed by atoms with van der Waals surface area (Å²) in [5.41, 5.74) is 4.56. The lowest BCUT2D eigenvalue weighted by atomic mass is 10.00. The average Bonchev–Trinajstić information content (AvgIpc) is 3.33. The number of aryl methyl sites for hydroxylation is 1. The number of halogens is 1. The molecule has 0 spiro atoms. The number of benzene rings is 2. The number of methoxy groups -OCH3 is 2. The molecule has 180 valence electrons. The molecule has 0 bridgehead atoms. The van der Waals surface area contributed by atoms with Crippen LogP contribution < -0.4 is 14.8 Å². The Kier molecular flexibility index (Phi) is 7.10. The van der Waals surface area contributed by atoms with Crippen molar-refractivity contribution < 1.29 is 18.7 Å². The van der Waals surface area contributed by atoms with E-state index in [1.165, 1.54) is 0 Å². The number of alkyl halides is 1. The van der Waals surface area contributed by atoms with E-state index in [0.29, 0.717) is 28.3 Å². The minimum Gasteiger partial charge on any atom is -0.493 e. The molecule has 0 saturated heterocycles. The van der Waals surface area contributed by atoms with Gasteiger partial charge in [0.2, 0.25) is 0 Å². The monoisotopic (exact) mass is 474 g/mol. The van der Waals surface area contributed by atoms with Gasteiger partial charge in [0.15, 0.2) is 11.5 Å². The van der Waals surface area contributed by atoms with E-state index in [2.05, 4.69) is 15.4 Å². The second-order valence-corrected chi connectivity index (χ2v) is 8.17. The highest BCUT2D eigenvalue weighted by molar-refractivity contribution is 6.01. The van der Waals surface area contributed by atoms with Gasteiger partial charge in [-0.2, -0.15) is 5.10 Å². The van der Waals surface area contributed by atoms with Crippen LogP contribution >= 0.6 is 0 Å². The number of nitrogens with zero attached hydrogens (tertiary/aromatic N) is 3. The van der Waals surface area contributed by atoms with E-state index in [1.807, 2.05) is 25.1 Å². The summed E-state index contributed by atoms with van der Waals surface area (Å²) in [4.78, 5) is 18.1. The van der Waals surface area contributed by atoms with Crippen LogP contribution in [0.25, 0.3) is 22.4 Å². The Morgan fingerprint density at radius 1 is 1.03 bits per heavy atom. The maximum absolute atomic E-state index is 13.5. The van der Waals surface area contributed by atoms with Gasteiger partial charge in [-0.1, -0.05) is 24.3 Å². The van der Waals surface area contributed by atoms with Crippen LogP contribution in [0, 0.1) is 0 Å². The first-order chi connectivity index (χ1) is 16.9. The van der Waals surface area contributed by atoms with Crippen LogP contribution in [0.3, 0.4) is 0 Å². The molecular weight excluding hydrogens is 447 g/mol. The van der Waals surface area contributed by atoms with Crippen molar-refractivity contribution in [3.05, 3.63) is 83.8 Å². The lowest BCUT2D eigenvalue weighted by Gasteiger charge is -2.18. The summed E-state index contributed by atoms with van der Waals surface area (Å²) in [6.45, 7) is 1.33. The minimum absolute atomic E-state index is 0.290. The molecule has 0 radical (unpaired) electrons. The minimum atomic E-state index is -0.564. The molecular formula is C27H27FN4O3. The van der Waals surface area contributed by atoms with Crippen LogP contribution in [-0.2, 0) is 13.7 Å². The Labute approximate surface area is 203 Å². The van der Waals surface area contributed by atoms with Crippen molar-refractivity contribution in [3.8, 4) is 33.9 Å². The van der Waals surface area contributed by atoms with Crippen molar-refractivity contribution in [3.63, 3.8) is 0 Å².